The Morgan fingerprint density at radius 2 is 1.90 bits per heavy atom. The fourth-order valence-corrected chi connectivity index (χ4v) is 2.44. The Bertz CT molecular complexity index is 688. The Labute approximate surface area is 125 Å². The van der Waals surface area contributed by atoms with Crippen LogP contribution in [0.3, 0.4) is 0 Å². The van der Waals surface area contributed by atoms with E-state index in [0.29, 0.717) is 24.5 Å². The molecular formula is C14H16BrN3O2. The van der Waals surface area contributed by atoms with Crippen LogP contribution in [0.1, 0.15) is 24.3 Å². The van der Waals surface area contributed by atoms with Crippen LogP contribution in [0, 0.1) is 0 Å². The number of hydrogen-bond donors (Lipinski definition) is 1. The predicted octanol–water partition coefficient (Wildman–Crippen LogP) is 2.70. The summed E-state index contributed by atoms with van der Waals surface area (Å²) in [6.45, 7) is 5.13. The molecule has 2 aromatic heterocycles. The number of aryl methyl sites for hydroxylation is 2. The first kappa shape index (κ1) is 14.6. The van der Waals surface area contributed by atoms with Gasteiger partial charge in [0.1, 0.15) is 5.69 Å². The highest BCUT2D eigenvalue weighted by Gasteiger charge is 2.12. The van der Waals surface area contributed by atoms with E-state index in [2.05, 4.69) is 21.2 Å². The fraction of sp³-hybridized carbons (Fsp3) is 0.286. The van der Waals surface area contributed by atoms with Crippen LogP contribution in [0.5, 0.6) is 0 Å². The molecule has 0 aliphatic heterocycles. The normalized spacial score (nSPS) is 10.6. The molecule has 0 unspecified atom stereocenters. The van der Waals surface area contributed by atoms with Crippen molar-refractivity contribution >= 4 is 27.5 Å². The number of halogens is 1. The summed E-state index contributed by atoms with van der Waals surface area (Å²) < 4.78 is 4.27. The molecule has 0 bridgehead atoms. The van der Waals surface area contributed by atoms with Gasteiger partial charge in [-0.25, -0.2) is 0 Å². The topological polar surface area (TPSA) is 56.0 Å². The maximum Gasteiger partial charge on any atom is 0.272 e. The minimum absolute atomic E-state index is 0.0785. The number of anilines is 1. The van der Waals surface area contributed by atoms with Crippen LogP contribution >= 0.6 is 15.9 Å². The van der Waals surface area contributed by atoms with Crippen LogP contribution < -0.4 is 10.9 Å². The van der Waals surface area contributed by atoms with Gasteiger partial charge < -0.3 is 14.5 Å². The second-order valence-electron chi connectivity index (χ2n) is 4.33. The maximum atomic E-state index is 12.3. The lowest BCUT2D eigenvalue weighted by Crippen LogP contribution is -2.21. The van der Waals surface area contributed by atoms with Crippen LogP contribution in [0.2, 0.25) is 0 Å². The van der Waals surface area contributed by atoms with Crippen LogP contribution in [-0.2, 0) is 13.1 Å². The lowest BCUT2D eigenvalue weighted by molar-refractivity contribution is 0.101. The van der Waals surface area contributed by atoms with Crippen molar-refractivity contribution in [3.63, 3.8) is 0 Å². The molecule has 20 heavy (non-hydrogen) atoms. The Morgan fingerprint density at radius 3 is 2.55 bits per heavy atom. The highest BCUT2D eigenvalue weighted by Crippen LogP contribution is 2.16. The number of nitrogens with zero attached hydrogens (tertiary/aromatic N) is 2. The number of hydrogen-bond acceptors (Lipinski definition) is 2. The van der Waals surface area contributed by atoms with Crippen LogP contribution in [0.4, 0.5) is 5.69 Å². The minimum atomic E-state index is -0.196. The van der Waals surface area contributed by atoms with E-state index in [-0.39, 0.29) is 11.5 Å². The number of aromatic nitrogens is 2. The zero-order chi connectivity index (χ0) is 14.7. The summed E-state index contributed by atoms with van der Waals surface area (Å²) in [5.41, 5.74) is 1.11. The molecule has 2 aromatic rings. The van der Waals surface area contributed by atoms with Crippen LogP contribution in [0.25, 0.3) is 0 Å². The van der Waals surface area contributed by atoms with E-state index in [1.54, 1.807) is 22.9 Å². The molecule has 0 saturated carbocycles. The molecule has 0 fully saturated rings. The van der Waals surface area contributed by atoms with E-state index in [4.69, 9.17) is 0 Å². The lowest BCUT2D eigenvalue weighted by Gasteiger charge is -2.09. The molecule has 0 saturated heterocycles. The summed E-state index contributed by atoms with van der Waals surface area (Å²) >= 11 is 3.36. The van der Waals surface area contributed by atoms with Gasteiger partial charge in [-0.05, 0) is 41.9 Å². The molecule has 2 rings (SSSR count). The first-order chi connectivity index (χ1) is 9.55. The van der Waals surface area contributed by atoms with Crippen molar-refractivity contribution in [1.82, 2.24) is 9.13 Å². The highest BCUT2D eigenvalue weighted by atomic mass is 79.9. The molecule has 106 valence electrons. The van der Waals surface area contributed by atoms with Crippen molar-refractivity contribution in [1.29, 1.82) is 0 Å². The molecule has 1 amide bonds. The quantitative estimate of drug-likeness (QED) is 0.932. The second kappa shape index (κ2) is 6.09. The summed E-state index contributed by atoms with van der Waals surface area (Å²) in [7, 11) is 0. The molecule has 0 aliphatic carbocycles. The fourth-order valence-electron chi connectivity index (χ4n) is 1.97. The van der Waals surface area contributed by atoms with E-state index in [1.165, 1.54) is 6.07 Å². The number of carbonyl (C=O) groups is 1. The van der Waals surface area contributed by atoms with Crippen molar-refractivity contribution in [2.75, 3.05) is 5.32 Å². The van der Waals surface area contributed by atoms with Gasteiger partial charge in [0.15, 0.2) is 0 Å². The van der Waals surface area contributed by atoms with Gasteiger partial charge in [0.2, 0.25) is 0 Å². The van der Waals surface area contributed by atoms with Gasteiger partial charge in [0.05, 0.1) is 5.69 Å². The van der Waals surface area contributed by atoms with Crippen molar-refractivity contribution in [2.24, 2.45) is 0 Å². The first-order valence-corrected chi connectivity index (χ1v) is 7.22. The van der Waals surface area contributed by atoms with E-state index >= 15 is 0 Å². The monoisotopic (exact) mass is 337 g/mol. The molecule has 0 atom stereocenters. The molecule has 5 nitrogen and oxygen atoms in total. The standard InChI is InChI=1S/C14H16BrN3O2/c1-3-17-8-10(15)7-12(17)14(20)16-11-5-6-13(19)18(4-2)9-11/h5-9H,3-4H2,1-2H3,(H,16,20). The average molecular weight is 338 g/mol. The SMILES string of the molecule is CCn1cc(Br)cc1C(=O)Nc1ccc(=O)n(CC)c1. The number of amides is 1. The van der Waals surface area contributed by atoms with Gasteiger partial charge >= 0.3 is 0 Å². The van der Waals surface area contributed by atoms with Gasteiger partial charge in [-0.2, -0.15) is 0 Å². The van der Waals surface area contributed by atoms with Gasteiger partial charge in [0.25, 0.3) is 11.5 Å². The number of pyridine rings is 1. The summed E-state index contributed by atoms with van der Waals surface area (Å²) in [6, 6.07) is 4.84. The third-order valence-corrected chi connectivity index (χ3v) is 3.45. The van der Waals surface area contributed by atoms with E-state index in [1.807, 2.05) is 24.6 Å². The summed E-state index contributed by atoms with van der Waals surface area (Å²) in [5.74, 6) is -0.196. The van der Waals surface area contributed by atoms with Gasteiger partial charge in [-0.15, -0.1) is 0 Å². The van der Waals surface area contributed by atoms with Crippen LogP contribution in [0.15, 0.2) is 39.9 Å². The van der Waals surface area contributed by atoms with Gasteiger partial charge in [0, 0.05) is 36.0 Å². The Hall–Kier alpha value is -1.82. The molecule has 0 radical (unpaired) electrons. The zero-order valence-corrected chi connectivity index (χ0v) is 13.0. The highest BCUT2D eigenvalue weighted by molar-refractivity contribution is 9.10. The summed E-state index contributed by atoms with van der Waals surface area (Å²) in [5, 5.41) is 2.81. The Morgan fingerprint density at radius 1 is 1.20 bits per heavy atom. The molecule has 2 heterocycles. The lowest BCUT2D eigenvalue weighted by atomic mass is 10.3. The van der Waals surface area contributed by atoms with Crippen molar-refractivity contribution in [3.05, 3.63) is 51.1 Å². The molecular weight excluding hydrogens is 322 g/mol. The molecule has 1 N–H and O–H groups in total. The molecule has 0 aromatic carbocycles. The van der Waals surface area contributed by atoms with Crippen LogP contribution in [-0.4, -0.2) is 15.0 Å². The predicted molar refractivity (Wildman–Crippen MR) is 82.1 cm³/mol. The first-order valence-electron chi connectivity index (χ1n) is 6.42. The number of nitrogens with one attached hydrogen (secondary N) is 1. The second-order valence-corrected chi connectivity index (χ2v) is 5.24. The third-order valence-electron chi connectivity index (χ3n) is 3.02. The summed E-state index contributed by atoms with van der Waals surface area (Å²) in [4.78, 5) is 23.8. The maximum absolute atomic E-state index is 12.3. The number of rotatable bonds is 4. The number of carbonyl (C=O) groups excluding carboxylic acids is 1. The van der Waals surface area contributed by atoms with Gasteiger partial charge in [-0.3, -0.25) is 9.59 Å². The largest absolute Gasteiger partial charge is 0.343 e. The minimum Gasteiger partial charge on any atom is -0.343 e. The summed E-state index contributed by atoms with van der Waals surface area (Å²) in [6.07, 6.45) is 3.51. The zero-order valence-electron chi connectivity index (χ0n) is 11.4. The van der Waals surface area contributed by atoms with Crippen molar-refractivity contribution in [2.45, 2.75) is 26.9 Å². The van der Waals surface area contributed by atoms with E-state index < -0.39 is 0 Å². The average Bonchev–Trinajstić information content (AvgIpc) is 2.82. The van der Waals surface area contributed by atoms with Crippen molar-refractivity contribution < 1.29 is 4.79 Å². The van der Waals surface area contributed by atoms with Crippen molar-refractivity contribution in [3.8, 4) is 0 Å². The molecule has 0 aliphatic rings. The third kappa shape index (κ3) is 3.01. The van der Waals surface area contributed by atoms with E-state index in [9.17, 15) is 9.59 Å². The molecule has 0 spiro atoms. The van der Waals surface area contributed by atoms with Gasteiger partial charge in [-0.1, -0.05) is 0 Å². The molecule has 6 heteroatoms. The smallest absolute Gasteiger partial charge is 0.272 e. The Kier molecular flexibility index (Phi) is 4.44. The Balaban J connectivity index is 2.25. The van der Waals surface area contributed by atoms with E-state index in [0.717, 1.165) is 4.47 Å².